The van der Waals surface area contributed by atoms with E-state index in [0.29, 0.717) is 4.60 Å². The summed E-state index contributed by atoms with van der Waals surface area (Å²) < 4.78 is 0.716. The van der Waals surface area contributed by atoms with Gasteiger partial charge in [-0.05, 0) is 15.9 Å². The lowest BCUT2D eigenvalue weighted by Crippen LogP contribution is -1.87. The van der Waals surface area contributed by atoms with Gasteiger partial charge < -0.3 is 0 Å². The number of nitrogens with zero attached hydrogens (tertiary/aromatic N) is 4. The van der Waals surface area contributed by atoms with Crippen molar-refractivity contribution in [2.75, 3.05) is 0 Å². The lowest BCUT2D eigenvalue weighted by Gasteiger charge is -1.97. The molecule has 0 aromatic carbocycles. The van der Waals surface area contributed by atoms with Crippen molar-refractivity contribution < 1.29 is 0 Å². The van der Waals surface area contributed by atoms with Crippen LogP contribution >= 0.6 is 15.9 Å². The summed E-state index contributed by atoms with van der Waals surface area (Å²) in [6, 6.07) is 0. The Morgan fingerprint density at radius 2 is 1.69 bits per heavy atom. The van der Waals surface area contributed by atoms with Gasteiger partial charge in [0, 0.05) is 18.0 Å². The van der Waals surface area contributed by atoms with Gasteiger partial charge in [-0.15, -0.1) is 0 Å². The molecular weight excluding hydrogens is 232 g/mol. The molecule has 0 radical (unpaired) electrons. The second-order valence-corrected chi connectivity index (χ2v) is 3.16. The number of aromatic nitrogens is 4. The fourth-order valence-corrected chi connectivity index (χ4v) is 1.10. The second kappa shape index (κ2) is 3.57. The van der Waals surface area contributed by atoms with E-state index in [2.05, 4.69) is 35.9 Å². The van der Waals surface area contributed by atoms with Gasteiger partial charge in [0.2, 0.25) is 0 Å². The molecule has 13 heavy (non-hydrogen) atoms. The van der Waals surface area contributed by atoms with Crippen molar-refractivity contribution in [3.8, 4) is 11.3 Å². The Morgan fingerprint density at radius 1 is 0.923 bits per heavy atom. The minimum Gasteiger partial charge on any atom is -0.252 e. The summed E-state index contributed by atoms with van der Waals surface area (Å²) in [4.78, 5) is 16.0. The van der Waals surface area contributed by atoms with Crippen LogP contribution in [-0.2, 0) is 0 Å². The lowest BCUT2D eigenvalue weighted by atomic mass is 10.2. The Balaban J connectivity index is 2.42. The third-order valence-electron chi connectivity index (χ3n) is 1.48. The molecule has 0 N–H and O–H groups in total. The Hall–Kier alpha value is -1.36. The van der Waals surface area contributed by atoms with E-state index in [1.807, 2.05) is 0 Å². The Bertz CT molecular complexity index is 387. The average Bonchev–Trinajstić information content (AvgIpc) is 2.20. The molecule has 0 amide bonds. The first-order valence-electron chi connectivity index (χ1n) is 3.59. The monoisotopic (exact) mass is 236 g/mol. The summed E-state index contributed by atoms with van der Waals surface area (Å²) in [5.74, 6) is 0. The first-order chi connectivity index (χ1) is 6.36. The first-order valence-corrected chi connectivity index (χ1v) is 4.38. The van der Waals surface area contributed by atoms with Crippen molar-refractivity contribution in [2.24, 2.45) is 0 Å². The van der Waals surface area contributed by atoms with Crippen LogP contribution in [0.15, 0.2) is 35.7 Å². The third kappa shape index (κ3) is 1.86. The van der Waals surface area contributed by atoms with Crippen molar-refractivity contribution in [2.45, 2.75) is 0 Å². The molecule has 0 unspecified atom stereocenters. The highest BCUT2D eigenvalue weighted by molar-refractivity contribution is 9.10. The maximum Gasteiger partial charge on any atom is 0.124 e. The summed E-state index contributed by atoms with van der Waals surface area (Å²) >= 11 is 3.21. The largest absolute Gasteiger partial charge is 0.252 e. The fraction of sp³-hybridized carbons (Fsp3) is 0. The minimum atomic E-state index is 0.716. The molecule has 0 fully saturated rings. The van der Waals surface area contributed by atoms with Crippen LogP contribution in [0, 0.1) is 0 Å². The number of rotatable bonds is 1. The van der Waals surface area contributed by atoms with E-state index >= 15 is 0 Å². The second-order valence-electron chi connectivity index (χ2n) is 2.35. The molecular formula is C8H5BrN4. The van der Waals surface area contributed by atoms with Crippen LogP contribution in [0.1, 0.15) is 0 Å². The molecule has 5 heteroatoms. The smallest absolute Gasteiger partial charge is 0.124 e. The van der Waals surface area contributed by atoms with Crippen LogP contribution in [0.25, 0.3) is 11.3 Å². The van der Waals surface area contributed by atoms with Gasteiger partial charge >= 0.3 is 0 Å². The van der Waals surface area contributed by atoms with Crippen molar-refractivity contribution in [3.63, 3.8) is 0 Å². The first kappa shape index (κ1) is 8.25. The zero-order valence-electron chi connectivity index (χ0n) is 6.55. The van der Waals surface area contributed by atoms with Gasteiger partial charge in [-0.2, -0.15) is 0 Å². The topological polar surface area (TPSA) is 51.6 Å². The zero-order chi connectivity index (χ0) is 9.10. The summed E-state index contributed by atoms with van der Waals surface area (Å²) in [6.07, 6.45) is 8.19. The van der Waals surface area contributed by atoms with Crippen LogP contribution in [0.5, 0.6) is 0 Å². The van der Waals surface area contributed by atoms with E-state index in [1.54, 1.807) is 24.8 Å². The summed E-state index contributed by atoms with van der Waals surface area (Å²) in [5, 5.41) is 0. The molecule has 0 atom stereocenters. The maximum atomic E-state index is 4.16. The van der Waals surface area contributed by atoms with Gasteiger partial charge in [0.1, 0.15) is 10.9 Å². The minimum absolute atomic E-state index is 0.716. The van der Waals surface area contributed by atoms with Crippen molar-refractivity contribution >= 4 is 15.9 Å². The van der Waals surface area contributed by atoms with Crippen LogP contribution in [-0.4, -0.2) is 19.9 Å². The van der Waals surface area contributed by atoms with Crippen LogP contribution < -0.4 is 0 Å². The van der Waals surface area contributed by atoms with Gasteiger partial charge in [0.15, 0.2) is 0 Å². The van der Waals surface area contributed by atoms with Gasteiger partial charge in [-0.1, -0.05) is 0 Å². The standard InChI is InChI=1S/C8H5BrN4/c9-8-4-12-7(3-13-8)6-1-10-5-11-2-6/h1-5H. The lowest BCUT2D eigenvalue weighted by molar-refractivity contribution is 1.13. The van der Waals surface area contributed by atoms with Gasteiger partial charge in [-0.3, -0.25) is 4.98 Å². The molecule has 64 valence electrons. The van der Waals surface area contributed by atoms with Crippen LogP contribution in [0.2, 0.25) is 0 Å². The molecule has 0 aliphatic rings. The predicted molar refractivity (Wildman–Crippen MR) is 50.8 cm³/mol. The third-order valence-corrected chi connectivity index (χ3v) is 1.89. The Kier molecular flexibility index (Phi) is 2.27. The molecule has 0 saturated heterocycles. The SMILES string of the molecule is Brc1cnc(-c2cncnc2)cn1. The van der Waals surface area contributed by atoms with E-state index in [0.717, 1.165) is 11.3 Å². The number of hydrogen-bond acceptors (Lipinski definition) is 4. The fourth-order valence-electron chi connectivity index (χ4n) is 0.893. The highest BCUT2D eigenvalue weighted by atomic mass is 79.9. The normalized spacial score (nSPS) is 9.92. The highest BCUT2D eigenvalue weighted by Crippen LogP contribution is 2.13. The van der Waals surface area contributed by atoms with E-state index in [-0.39, 0.29) is 0 Å². The van der Waals surface area contributed by atoms with E-state index in [9.17, 15) is 0 Å². The predicted octanol–water partition coefficient (Wildman–Crippen LogP) is 1.70. The molecule has 4 nitrogen and oxygen atoms in total. The summed E-state index contributed by atoms with van der Waals surface area (Å²) in [7, 11) is 0. The molecule has 2 heterocycles. The zero-order valence-corrected chi connectivity index (χ0v) is 8.14. The summed E-state index contributed by atoms with van der Waals surface area (Å²) in [6.45, 7) is 0. The summed E-state index contributed by atoms with van der Waals surface area (Å²) in [5.41, 5.74) is 1.63. The van der Waals surface area contributed by atoms with Crippen molar-refractivity contribution in [3.05, 3.63) is 35.7 Å². The van der Waals surface area contributed by atoms with Crippen molar-refractivity contribution in [1.82, 2.24) is 19.9 Å². The maximum absolute atomic E-state index is 4.16. The van der Waals surface area contributed by atoms with Crippen LogP contribution in [0.3, 0.4) is 0 Å². The molecule has 0 aliphatic heterocycles. The molecule has 2 aromatic heterocycles. The Morgan fingerprint density at radius 3 is 2.31 bits per heavy atom. The molecule has 0 aliphatic carbocycles. The molecule has 2 rings (SSSR count). The van der Waals surface area contributed by atoms with Crippen molar-refractivity contribution in [1.29, 1.82) is 0 Å². The quantitative estimate of drug-likeness (QED) is 0.757. The molecule has 0 spiro atoms. The van der Waals surface area contributed by atoms with E-state index in [1.165, 1.54) is 6.33 Å². The molecule has 2 aromatic rings. The molecule has 0 saturated carbocycles. The van der Waals surface area contributed by atoms with E-state index in [4.69, 9.17) is 0 Å². The molecule has 0 bridgehead atoms. The number of hydrogen-bond donors (Lipinski definition) is 0. The van der Waals surface area contributed by atoms with E-state index < -0.39 is 0 Å². The Labute approximate surface area is 83.2 Å². The van der Waals surface area contributed by atoms with Gasteiger partial charge in [0.05, 0.1) is 18.1 Å². The van der Waals surface area contributed by atoms with Gasteiger partial charge in [-0.25, -0.2) is 15.0 Å². The van der Waals surface area contributed by atoms with Gasteiger partial charge in [0.25, 0.3) is 0 Å². The number of halogens is 1. The highest BCUT2D eigenvalue weighted by Gasteiger charge is 1.98. The average molecular weight is 237 g/mol. The van der Waals surface area contributed by atoms with Crippen LogP contribution in [0.4, 0.5) is 0 Å².